The Bertz CT molecular complexity index is 468. The van der Waals surface area contributed by atoms with Crippen LogP contribution >= 0.6 is 0 Å². The Morgan fingerprint density at radius 3 is 3.00 bits per heavy atom. The number of pyridine rings is 1. The van der Waals surface area contributed by atoms with E-state index < -0.39 is 0 Å². The van der Waals surface area contributed by atoms with Crippen LogP contribution in [0.1, 0.15) is 30.7 Å². The molecule has 1 N–H and O–H groups in total. The van der Waals surface area contributed by atoms with Crippen LogP contribution in [0.5, 0.6) is 5.75 Å². The highest BCUT2D eigenvalue weighted by atomic mass is 16.5. The first-order valence-electron chi connectivity index (χ1n) is 6.13. The number of hydrogen-bond acceptors (Lipinski definition) is 4. The summed E-state index contributed by atoms with van der Waals surface area (Å²) in [6.07, 6.45) is 6.21. The molecule has 0 amide bonds. The van der Waals surface area contributed by atoms with Crippen molar-refractivity contribution in [2.75, 3.05) is 13.7 Å². The van der Waals surface area contributed by atoms with E-state index in [1.54, 1.807) is 12.5 Å². The van der Waals surface area contributed by atoms with Crippen molar-refractivity contribution in [2.45, 2.75) is 19.4 Å². The topological polar surface area (TPSA) is 47.3 Å². The minimum atomic E-state index is -0.00215. The average molecular weight is 246 g/mol. The molecule has 2 aromatic heterocycles. The molecular formula is C14H18N2O2. The van der Waals surface area contributed by atoms with Crippen LogP contribution < -0.4 is 10.1 Å². The van der Waals surface area contributed by atoms with E-state index in [9.17, 15) is 0 Å². The maximum absolute atomic E-state index is 5.59. The summed E-state index contributed by atoms with van der Waals surface area (Å²) in [7, 11) is 1.90. The molecule has 0 aliphatic rings. The Kier molecular flexibility index (Phi) is 4.36. The van der Waals surface area contributed by atoms with Crippen molar-refractivity contribution < 1.29 is 9.15 Å². The first-order chi connectivity index (χ1) is 8.85. The van der Waals surface area contributed by atoms with Gasteiger partial charge in [-0.2, -0.15) is 0 Å². The number of nitrogens with zero attached hydrogens (tertiary/aromatic N) is 1. The molecule has 2 rings (SSSR count). The summed E-state index contributed by atoms with van der Waals surface area (Å²) in [5.74, 6) is 1.66. The highest BCUT2D eigenvalue weighted by molar-refractivity contribution is 5.30. The van der Waals surface area contributed by atoms with E-state index in [2.05, 4.69) is 17.2 Å². The fraction of sp³-hybridized carbons (Fsp3) is 0.357. The van der Waals surface area contributed by atoms with Crippen LogP contribution in [0.25, 0.3) is 0 Å². The number of hydrogen-bond donors (Lipinski definition) is 1. The van der Waals surface area contributed by atoms with Gasteiger partial charge in [0.2, 0.25) is 0 Å². The molecule has 18 heavy (non-hydrogen) atoms. The van der Waals surface area contributed by atoms with Gasteiger partial charge in [-0.1, -0.05) is 6.92 Å². The van der Waals surface area contributed by atoms with Gasteiger partial charge in [-0.05, 0) is 37.2 Å². The number of furan rings is 1. The number of nitrogens with one attached hydrogen (secondary N) is 1. The molecule has 96 valence electrons. The minimum Gasteiger partial charge on any atom is -0.492 e. The largest absolute Gasteiger partial charge is 0.492 e. The van der Waals surface area contributed by atoms with Crippen LogP contribution in [-0.4, -0.2) is 18.6 Å². The number of ether oxygens (including phenoxy) is 1. The Morgan fingerprint density at radius 2 is 2.33 bits per heavy atom. The molecule has 0 saturated carbocycles. The minimum absolute atomic E-state index is 0.00215. The Morgan fingerprint density at radius 1 is 1.44 bits per heavy atom. The van der Waals surface area contributed by atoms with Crippen molar-refractivity contribution in [2.24, 2.45) is 0 Å². The van der Waals surface area contributed by atoms with Gasteiger partial charge < -0.3 is 14.5 Å². The van der Waals surface area contributed by atoms with Gasteiger partial charge in [-0.15, -0.1) is 0 Å². The lowest BCUT2D eigenvalue weighted by atomic mass is 10.1. The van der Waals surface area contributed by atoms with Crippen LogP contribution in [0.3, 0.4) is 0 Å². The number of aromatic nitrogens is 1. The standard InChI is InChI=1S/C14H18N2O2/c1-3-6-17-12-8-11(9-16-10-12)14(15-2)13-5-4-7-18-13/h4-5,7-10,14-15H,3,6H2,1-2H3. The molecule has 4 nitrogen and oxygen atoms in total. The third kappa shape index (κ3) is 2.90. The van der Waals surface area contributed by atoms with Crippen molar-refractivity contribution >= 4 is 0 Å². The van der Waals surface area contributed by atoms with E-state index in [0.29, 0.717) is 6.61 Å². The van der Waals surface area contributed by atoms with E-state index in [-0.39, 0.29) is 6.04 Å². The van der Waals surface area contributed by atoms with E-state index in [1.807, 2.05) is 31.4 Å². The maximum atomic E-state index is 5.59. The molecule has 2 aromatic rings. The molecule has 2 heterocycles. The second-order valence-corrected chi connectivity index (χ2v) is 4.04. The SMILES string of the molecule is CCCOc1cncc(C(NC)c2ccco2)c1. The monoisotopic (exact) mass is 246 g/mol. The summed E-state index contributed by atoms with van der Waals surface area (Å²) in [5.41, 5.74) is 1.03. The third-order valence-corrected chi connectivity index (χ3v) is 2.66. The summed E-state index contributed by atoms with van der Waals surface area (Å²) in [6.45, 7) is 2.78. The molecule has 1 atom stereocenters. The van der Waals surface area contributed by atoms with Gasteiger partial charge in [0.15, 0.2) is 0 Å². The maximum Gasteiger partial charge on any atom is 0.137 e. The summed E-state index contributed by atoms with van der Waals surface area (Å²) in [6, 6.07) is 5.81. The predicted molar refractivity (Wildman–Crippen MR) is 69.6 cm³/mol. The molecule has 1 unspecified atom stereocenters. The first kappa shape index (κ1) is 12.6. The van der Waals surface area contributed by atoms with Crippen LogP contribution in [0.4, 0.5) is 0 Å². The zero-order valence-corrected chi connectivity index (χ0v) is 10.7. The van der Waals surface area contributed by atoms with E-state index in [0.717, 1.165) is 23.5 Å². The lowest BCUT2D eigenvalue weighted by molar-refractivity contribution is 0.315. The lowest BCUT2D eigenvalue weighted by Gasteiger charge is -2.14. The van der Waals surface area contributed by atoms with E-state index in [1.165, 1.54) is 0 Å². The van der Waals surface area contributed by atoms with Gasteiger partial charge in [0.1, 0.15) is 11.5 Å². The van der Waals surface area contributed by atoms with Gasteiger partial charge in [-0.25, -0.2) is 0 Å². The Labute approximate surface area is 107 Å². The zero-order valence-electron chi connectivity index (χ0n) is 10.7. The normalized spacial score (nSPS) is 12.3. The molecule has 0 aliphatic carbocycles. The van der Waals surface area contributed by atoms with E-state index >= 15 is 0 Å². The summed E-state index contributed by atoms with van der Waals surface area (Å²) in [4.78, 5) is 4.21. The zero-order chi connectivity index (χ0) is 12.8. The second-order valence-electron chi connectivity index (χ2n) is 4.04. The quantitative estimate of drug-likeness (QED) is 0.851. The van der Waals surface area contributed by atoms with Crippen molar-refractivity contribution in [3.8, 4) is 5.75 Å². The molecule has 0 bridgehead atoms. The van der Waals surface area contributed by atoms with Gasteiger partial charge >= 0.3 is 0 Å². The van der Waals surface area contributed by atoms with Gasteiger partial charge in [0.25, 0.3) is 0 Å². The van der Waals surface area contributed by atoms with Crippen molar-refractivity contribution in [3.05, 3.63) is 48.2 Å². The molecule has 0 aromatic carbocycles. The van der Waals surface area contributed by atoms with Crippen LogP contribution in [0, 0.1) is 0 Å². The molecule has 0 radical (unpaired) electrons. The Hall–Kier alpha value is -1.81. The van der Waals surface area contributed by atoms with Gasteiger partial charge in [0, 0.05) is 6.20 Å². The predicted octanol–water partition coefficient (Wildman–Crippen LogP) is 2.77. The van der Waals surface area contributed by atoms with Crippen molar-refractivity contribution in [1.82, 2.24) is 10.3 Å². The molecule has 0 spiro atoms. The van der Waals surface area contributed by atoms with Crippen LogP contribution in [0.15, 0.2) is 41.3 Å². The summed E-state index contributed by atoms with van der Waals surface area (Å²) >= 11 is 0. The first-order valence-corrected chi connectivity index (χ1v) is 6.13. The second kappa shape index (κ2) is 6.21. The third-order valence-electron chi connectivity index (χ3n) is 2.66. The number of rotatable bonds is 6. The molecule has 0 saturated heterocycles. The van der Waals surface area contributed by atoms with Gasteiger partial charge in [-0.3, -0.25) is 4.98 Å². The smallest absolute Gasteiger partial charge is 0.137 e. The molecular weight excluding hydrogens is 228 g/mol. The summed E-state index contributed by atoms with van der Waals surface area (Å²) < 4.78 is 11.0. The van der Waals surface area contributed by atoms with Crippen molar-refractivity contribution in [1.29, 1.82) is 0 Å². The highest BCUT2D eigenvalue weighted by Gasteiger charge is 2.15. The lowest BCUT2D eigenvalue weighted by Crippen LogP contribution is -2.17. The van der Waals surface area contributed by atoms with E-state index in [4.69, 9.17) is 9.15 Å². The molecule has 0 aliphatic heterocycles. The highest BCUT2D eigenvalue weighted by Crippen LogP contribution is 2.24. The fourth-order valence-corrected chi connectivity index (χ4v) is 1.82. The Balaban J connectivity index is 2.20. The van der Waals surface area contributed by atoms with Crippen molar-refractivity contribution in [3.63, 3.8) is 0 Å². The molecule has 4 heteroatoms. The molecule has 0 fully saturated rings. The fourth-order valence-electron chi connectivity index (χ4n) is 1.82. The summed E-state index contributed by atoms with van der Waals surface area (Å²) in [5, 5.41) is 3.21. The average Bonchev–Trinajstić information content (AvgIpc) is 2.92. The van der Waals surface area contributed by atoms with Crippen LogP contribution in [-0.2, 0) is 0 Å². The van der Waals surface area contributed by atoms with Crippen LogP contribution in [0.2, 0.25) is 0 Å². The van der Waals surface area contributed by atoms with Gasteiger partial charge in [0.05, 0.1) is 25.1 Å².